The predicted molar refractivity (Wildman–Crippen MR) is 69.8 cm³/mol. The van der Waals surface area contributed by atoms with Gasteiger partial charge in [0.05, 0.1) is 0 Å². The fourth-order valence-corrected chi connectivity index (χ4v) is 2.06. The molecule has 1 atom stereocenters. The van der Waals surface area contributed by atoms with Crippen LogP contribution in [0.1, 0.15) is 26.2 Å². The van der Waals surface area contributed by atoms with E-state index in [1.54, 1.807) is 0 Å². The standard InChI is InChI=1S/C13H16BrF2NO/c1-2-10(7-17-9-3-4-9)18-12-6-8(14)5-11(15)13(12)16/h5-6,9-10,17H,2-4,7H2,1H3. The van der Waals surface area contributed by atoms with Crippen LogP contribution in [0.25, 0.3) is 0 Å². The van der Waals surface area contributed by atoms with Gasteiger partial charge in [-0.3, -0.25) is 0 Å². The number of nitrogens with one attached hydrogen (secondary N) is 1. The fraction of sp³-hybridized carbons (Fsp3) is 0.538. The smallest absolute Gasteiger partial charge is 0.200 e. The Labute approximate surface area is 114 Å². The third-order valence-corrected chi connectivity index (χ3v) is 3.38. The Morgan fingerprint density at radius 1 is 1.44 bits per heavy atom. The van der Waals surface area contributed by atoms with E-state index < -0.39 is 11.6 Å². The van der Waals surface area contributed by atoms with E-state index >= 15 is 0 Å². The Hall–Kier alpha value is -0.680. The van der Waals surface area contributed by atoms with E-state index in [0.29, 0.717) is 17.1 Å². The van der Waals surface area contributed by atoms with Crippen molar-refractivity contribution in [2.75, 3.05) is 6.54 Å². The third kappa shape index (κ3) is 3.65. The average molecular weight is 320 g/mol. The van der Waals surface area contributed by atoms with Crippen LogP contribution >= 0.6 is 15.9 Å². The van der Waals surface area contributed by atoms with Crippen molar-refractivity contribution in [1.82, 2.24) is 5.32 Å². The summed E-state index contributed by atoms with van der Waals surface area (Å²) in [5.41, 5.74) is 0. The Bertz CT molecular complexity index is 424. The van der Waals surface area contributed by atoms with Gasteiger partial charge in [0.1, 0.15) is 6.10 Å². The molecule has 0 bridgehead atoms. The van der Waals surface area contributed by atoms with Crippen LogP contribution < -0.4 is 10.1 Å². The van der Waals surface area contributed by atoms with Gasteiger partial charge in [-0.2, -0.15) is 4.39 Å². The SMILES string of the molecule is CCC(CNC1CC1)Oc1cc(Br)cc(F)c1F. The molecule has 1 saturated carbocycles. The van der Waals surface area contributed by atoms with Crippen molar-refractivity contribution in [3.63, 3.8) is 0 Å². The minimum Gasteiger partial charge on any atom is -0.486 e. The molecule has 0 spiro atoms. The van der Waals surface area contributed by atoms with Gasteiger partial charge in [0.25, 0.3) is 0 Å². The van der Waals surface area contributed by atoms with E-state index in [1.165, 1.54) is 18.9 Å². The number of rotatable bonds is 6. The first-order chi connectivity index (χ1) is 8.60. The second-order valence-corrected chi connectivity index (χ2v) is 5.45. The molecule has 1 fully saturated rings. The molecule has 1 aromatic rings. The summed E-state index contributed by atoms with van der Waals surface area (Å²) in [6.45, 7) is 2.63. The lowest BCUT2D eigenvalue weighted by Gasteiger charge is -2.19. The second kappa shape index (κ2) is 5.97. The number of hydrogen-bond donors (Lipinski definition) is 1. The quantitative estimate of drug-likeness (QED) is 0.808. The van der Waals surface area contributed by atoms with Crippen LogP contribution in [0.2, 0.25) is 0 Å². The Morgan fingerprint density at radius 3 is 2.78 bits per heavy atom. The van der Waals surface area contributed by atoms with Crippen molar-refractivity contribution < 1.29 is 13.5 Å². The molecule has 2 rings (SSSR count). The lowest BCUT2D eigenvalue weighted by molar-refractivity contribution is 0.182. The highest BCUT2D eigenvalue weighted by molar-refractivity contribution is 9.10. The highest BCUT2D eigenvalue weighted by Gasteiger charge is 2.22. The van der Waals surface area contributed by atoms with Gasteiger partial charge < -0.3 is 10.1 Å². The van der Waals surface area contributed by atoms with E-state index in [-0.39, 0.29) is 11.9 Å². The van der Waals surface area contributed by atoms with E-state index in [2.05, 4.69) is 21.2 Å². The molecule has 1 unspecified atom stereocenters. The first-order valence-electron chi connectivity index (χ1n) is 6.14. The van der Waals surface area contributed by atoms with E-state index in [9.17, 15) is 8.78 Å². The molecule has 0 saturated heterocycles. The summed E-state index contributed by atoms with van der Waals surface area (Å²) in [4.78, 5) is 0. The fourth-order valence-electron chi connectivity index (χ4n) is 1.65. The van der Waals surface area contributed by atoms with Crippen molar-refractivity contribution in [3.8, 4) is 5.75 Å². The third-order valence-electron chi connectivity index (χ3n) is 2.92. The van der Waals surface area contributed by atoms with Gasteiger partial charge in [-0.05, 0) is 31.4 Å². The maximum absolute atomic E-state index is 13.5. The first kappa shape index (κ1) is 13.7. The zero-order valence-corrected chi connectivity index (χ0v) is 11.8. The molecule has 1 aliphatic rings. The summed E-state index contributed by atoms with van der Waals surface area (Å²) < 4.78 is 32.8. The van der Waals surface area contributed by atoms with Crippen LogP contribution in [0.3, 0.4) is 0 Å². The molecular formula is C13H16BrF2NO. The largest absolute Gasteiger partial charge is 0.486 e. The van der Waals surface area contributed by atoms with E-state index in [0.717, 1.165) is 12.5 Å². The van der Waals surface area contributed by atoms with Gasteiger partial charge in [-0.15, -0.1) is 0 Å². The van der Waals surface area contributed by atoms with Gasteiger partial charge in [0.15, 0.2) is 11.6 Å². The monoisotopic (exact) mass is 319 g/mol. The second-order valence-electron chi connectivity index (χ2n) is 4.53. The maximum Gasteiger partial charge on any atom is 0.200 e. The van der Waals surface area contributed by atoms with E-state index in [4.69, 9.17) is 4.74 Å². The Morgan fingerprint density at radius 2 is 2.17 bits per heavy atom. The number of ether oxygens (including phenoxy) is 1. The molecule has 0 heterocycles. The van der Waals surface area contributed by atoms with Crippen LogP contribution in [-0.2, 0) is 0 Å². The van der Waals surface area contributed by atoms with Gasteiger partial charge in [-0.1, -0.05) is 22.9 Å². The Balaban J connectivity index is 2.00. The molecule has 5 heteroatoms. The van der Waals surface area contributed by atoms with Crippen molar-refractivity contribution in [2.24, 2.45) is 0 Å². The average Bonchev–Trinajstić information content (AvgIpc) is 3.14. The lowest BCUT2D eigenvalue weighted by Crippen LogP contribution is -2.32. The summed E-state index contributed by atoms with van der Waals surface area (Å²) in [5, 5.41) is 3.32. The van der Waals surface area contributed by atoms with Gasteiger partial charge >= 0.3 is 0 Å². The Kier molecular flexibility index (Phi) is 4.56. The van der Waals surface area contributed by atoms with Crippen molar-refractivity contribution >= 4 is 15.9 Å². The molecular weight excluding hydrogens is 304 g/mol. The van der Waals surface area contributed by atoms with Gasteiger partial charge in [0, 0.05) is 17.1 Å². The molecule has 2 nitrogen and oxygen atoms in total. The first-order valence-corrected chi connectivity index (χ1v) is 6.94. The maximum atomic E-state index is 13.5. The highest BCUT2D eigenvalue weighted by atomic mass is 79.9. The van der Waals surface area contributed by atoms with Crippen molar-refractivity contribution in [3.05, 3.63) is 28.2 Å². The summed E-state index contributed by atoms with van der Waals surface area (Å²) in [6, 6.07) is 3.12. The molecule has 100 valence electrons. The predicted octanol–water partition coefficient (Wildman–Crippen LogP) is 3.64. The normalized spacial score (nSPS) is 16.7. The zero-order chi connectivity index (χ0) is 13.1. The molecule has 18 heavy (non-hydrogen) atoms. The van der Waals surface area contributed by atoms with Crippen LogP contribution in [0.4, 0.5) is 8.78 Å². The van der Waals surface area contributed by atoms with Crippen molar-refractivity contribution in [1.29, 1.82) is 0 Å². The van der Waals surface area contributed by atoms with Crippen LogP contribution in [-0.4, -0.2) is 18.7 Å². The molecule has 1 aromatic carbocycles. The lowest BCUT2D eigenvalue weighted by atomic mass is 10.2. The minimum atomic E-state index is -0.928. The van der Waals surface area contributed by atoms with Crippen LogP contribution in [0.5, 0.6) is 5.75 Å². The number of benzene rings is 1. The molecule has 0 amide bonds. The molecule has 0 aliphatic heterocycles. The molecule has 1 aliphatic carbocycles. The highest BCUT2D eigenvalue weighted by Crippen LogP contribution is 2.26. The number of hydrogen-bond acceptors (Lipinski definition) is 2. The topological polar surface area (TPSA) is 21.3 Å². The van der Waals surface area contributed by atoms with E-state index in [1.807, 2.05) is 6.92 Å². The molecule has 0 aromatic heterocycles. The van der Waals surface area contributed by atoms with Crippen molar-refractivity contribution in [2.45, 2.75) is 38.3 Å². The summed E-state index contributed by atoms with van der Waals surface area (Å²) in [5.74, 6) is -1.86. The van der Waals surface area contributed by atoms with Crippen LogP contribution in [0.15, 0.2) is 16.6 Å². The van der Waals surface area contributed by atoms with Gasteiger partial charge in [0.2, 0.25) is 5.82 Å². The van der Waals surface area contributed by atoms with Crippen LogP contribution in [0, 0.1) is 11.6 Å². The molecule has 1 N–H and O–H groups in total. The summed E-state index contributed by atoms with van der Waals surface area (Å²) in [6.07, 6.45) is 2.98. The summed E-state index contributed by atoms with van der Waals surface area (Å²) >= 11 is 3.13. The van der Waals surface area contributed by atoms with Gasteiger partial charge in [-0.25, -0.2) is 4.39 Å². The minimum absolute atomic E-state index is 0.0358. The zero-order valence-electron chi connectivity index (χ0n) is 10.2. The summed E-state index contributed by atoms with van der Waals surface area (Å²) in [7, 11) is 0. The number of halogens is 3. The molecule has 0 radical (unpaired) electrons.